The highest BCUT2D eigenvalue weighted by Crippen LogP contribution is 2.12. The van der Waals surface area contributed by atoms with Crippen molar-refractivity contribution in [3.8, 4) is 0 Å². The first-order valence-electron chi connectivity index (χ1n) is 4.74. The second-order valence-corrected chi connectivity index (χ2v) is 4.31. The monoisotopic (exact) mass is 277 g/mol. The molecule has 0 aromatic heterocycles. The zero-order chi connectivity index (χ0) is 11.4. The lowest BCUT2D eigenvalue weighted by Crippen LogP contribution is -2.29. The van der Waals surface area contributed by atoms with Gasteiger partial charge in [0.05, 0.1) is 0 Å². The maximum absolute atomic E-state index is 12.9. The van der Waals surface area contributed by atoms with Crippen molar-refractivity contribution < 1.29 is 8.78 Å². The maximum atomic E-state index is 12.9. The molecule has 0 saturated carbocycles. The van der Waals surface area contributed by atoms with Gasteiger partial charge in [0.25, 0.3) is 0 Å². The predicted octanol–water partition coefficient (Wildman–Crippen LogP) is 3.18. The molecular weight excluding hydrogens is 264 g/mol. The summed E-state index contributed by atoms with van der Waals surface area (Å²) in [6.45, 7) is 2.68. The number of hydrogen-bond donors (Lipinski definition) is 0. The third-order valence-corrected chi connectivity index (χ3v) is 3.33. The van der Waals surface area contributed by atoms with Crippen LogP contribution in [0.25, 0.3) is 0 Å². The van der Waals surface area contributed by atoms with E-state index in [0.29, 0.717) is 12.6 Å². The number of nitrogens with zero attached hydrogens (tertiary/aromatic N) is 1. The van der Waals surface area contributed by atoms with Crippen LogP contribution in [-0.2, 0) is 6.54 Å². The Balaban J connectivity index is 2.68. The van der Waals surface area contributed by atoms with Crippen LogP contribution in [0.2, 0.25) is 0 Å². The molecule has 0 bridgehead atoms. The minimum absolute atomic E-state index is 0.359. The zero-order valence-corrected chi connectivity index (χ0v) is 10.4. The fraction of sp³-hybridized carbons (Fsp3) is 0.455. The third kappa shape index (κ3) is 3.54. The van der Waals surface area contributed by atoms with Gasteiger partial charge in [-0.05, 0) is 31.7 Å². The summed E-state index contributed by atoms with van der Waals surface area (Å²) in [6, 6.07) is 4.37. The molecule has 0 heterocycles. The second kappa shape index (κ2) is 5.56. The highest BCUT2D eigenvalue weighted by Gasteiger charge is 2.09. The van der Waals surface area contributed by atoms with Gasteiger partial charge in [0.15, 0.2) is 11.6 Å². The average Bonchev–Trinajstić information content (AvgIpc) is 2.22. The van der Waals surface area contributed by atoms with Crippen LogP contribution in [0.5, 0.6) is 0 Å². The van der Waals surface area contributed by atoms with Crippen molar-refractivity contribution in [2.45, 2.75) is 19.5 Å². The summed E-state index contributed by atoms with van der Waals surface area (Å²) >= 11 is 3.38. The average molecular weight is 278 g/mol. The molecule has 1 aromatic rings. The van der Waals surface area contributed by atoms with E-state index in [1.54, 1.807) is 6.07 Å². The number of hydrogen-bond acceptors (Lipinski definition) is 1. The van der Waals surface area contributed by atoms with E-state index in [1.165, 1.54) is 6.07 Å². The van der Waals surface area contributed by atoms with E-state index in [2.05, 4.69) is 27.8 Å². The lowest BCUT2D eigenvalue weighted by molar-refractivity contribution is 0.270. The number of rotatable bonds is 4. The molecule has 0 aliphatic heterocycles. The van der Waals surface area contributed by atoms with Gasteiger partial charge in [-0.2, -0.15) is 0 Å². The molecular formula is C11H14BrF2N. The largest absolute Gasteiger partial charge is 0.299 e. The van der Waals surface area contributed by atoms with Crippen molar-refractivity contribution in [3.05, 3.63) is 35.4 Å². The van der Waals surface area contributed by atoms with Gasteiger partial charge < -0.3 is 0 Å². The molecule has 15 heavy (non-hydrogen) atoms. The van der Waals surface area contributed by atoms with Crippen molar-refractivity contribution in [2.24, 2.45) is 0 Å². The maximum Gasteiger partial charge on any atom is 0.159 e. The molecule has 1 rings (SSSR count). The SMILES string of the molecule is CC(CBr)N(C)Cc1ccc(F)c(F)c1. The van der Waals surface area contributed by atoms with E-state index in [4.69, 9.17) is 0 Å². The molecule has 1 atom stereocenters. The Morgan fingerprint density at radius 2 is 2.00 bits per heavy atom. The van der Waals surface area contributed by atoms with E-state index in [-0.39, 0.29) is 0 Å². The summed E-state index contributed by atoms with van der Waals surface area (Å²) < 4.78 is 25.6. The molecule has 0 saturated heterocycles. The van der Waals surface area contributed by atoms with E-state index >= 15 is 0 Å². The summed E-state index contributed by atoms with van der Waals surface area (Å²) in [6.07, 6.45) is 0. The van der Waals surface area contributed by atoms with Gasteiger partial charge in [0, 0.05) is 17.9 Å². The minimum Gasteiger partial charge on any atom is -0.299 e. The van der Waals surface area contributed by atoms with Gasteiger partial charge >= 0.3 is 0 Å². The molecule has 4 heteroatoms. The molecule has 0 aliphatic carbocycles. The van der Waals surface area contributed by atoms with Gasteiger partial charge in [-0.25, -0.2) is 8.78 Å². The molecule has 1 unspecified atom stereocenters. The van der Waals surface area contributed by atoms with Crippen molar-refractivity contribution in [3.63, 3.8) is 0 Å². The highest BCUT2D eigenvalue weighted by molar-refractivity contribution is 9.09. The molecule has 84 valence electrons. The third-order valence-electron chi connectivity index (χ3n) is 2.39. The zero-order valence-electron chi connectivity index (χ0n) is 8.80. The van der Waals surface area contributed by atoms with Crippen LogP contribution in [0, 0.1) is 11.6 Å². The van der Waals surface area contributed by atoms with E-state index in [0.717, 1.165) is 17.0 Å². The number of benzene rings is 1. The fourth-order valence-electron chi connectivity index (χ4n) is 1.20. The van der Waals surface area contributed by atoms with Crippen molar-refractivity contribution in [1.29, 1.82) is 0 Å². The van der Waals surface area contributed by atoms with Crippen LogP contribution in [0.3, 0.4) is 0 Å². The topological polar surface area (TPSA) is 3.24 Å². The Hall–Kier alpha value is -0.480. The highest BCUT2D eigenvalue weighted by atomic mass is 79.9. The Morgan fingerprint density at radius 3 is 2.53 bits per heavy atom. The number of alkyl halides is 1. The molecule has 0 N–H and O–H groups in total. The molecule has 1 nitrogen and oxygen atoms in total. The molecule has 0 radical (unpaired) electrons. The lowest BCUT2D eigenvalue weighted by Gasteiger charge is -2.22. The van der Waals surface area contributed by atoms with Crippen LogP contribution >= 0.6 is 15.9 Å². The van der Waals surface area contributed by atoms with Gasteiger partial charge in [-0.15, -0.1) is 0 Å². The summed E-state index contributed by atoms with van der Waals surface area (Å²) in [7, 11) is 1.95. The summed E-state index contributed by atoms with van der Waals surface area (Å²) in [5.74, 6) is -1.58. The lowest BCUT2D eigenvalue weighted by atomic mass is 10.2. The van der Waals surface area contributed by atoms with Gasteiger partial charge in [0.1, 0.15) is 0 Å². The first-order chi connectivity index (χ1) is 7.04. The Bertz CT molecular complexity index is 330. The standard InChI is InChI=1S/C11H14BrF2N/c1-8(6-12)15(2)7-9-3-4-10(13)11(14)5-9/h3-5,8H,6-7H2,1-2H3. The number of halogens is 3. The van der Waals surface area contributed by atoms with Crippen LogP contribution in [0.1, 0.15) is 12.5 Å². The minimum atomic E-state index is -0.796. The van der Waals surface area contributed by atoms with Crippen molar-refractivity contribution in [2.75, 3.05) is 12.4 Å². The Labute approximate surface area is 97.2 Å². The quantitative estimate of drug-likeness (QED) is 0.765. The molecule has 0 fully saturated rings. The van der Waals surface area contributed by atoms with Crippen molar-refractivity contribution >= 4 is 15.9 Å². The summed E-state index contributed by atoms with van der Waals surface area (Å²) in [5, 5.41) is 0.854. The van der Waals surface area contributed by atoms with Crippen LogP contribution in [-0.4, -0.2) is 23.3 Å². The van der Waals surface area contributed by atoms with Gasteiger partial charge in [-0.3, -0.25) is 4.90 Å². The second-order valence-electron chi connectivity index (χ2n) is 3.67. The first-order valence-corrected chi connectivity index (χ1v) is 5.87. The first kappa shape index (κ1) is 12.6. The summed E-state index contributed by atoms with van der Waals surface area (Å²) in [5.41, 5.74) is 0.782. The van der Waals surface area contributed by atoms with Crippen LogP contribution in [0.15, 0.2) is 18.2 Å². The predicted molar refractivity (Wildman–Crippen MR) is 61.1 cm³/mol. The van der Waals surface area contributed by atoms with Crippen LogP contribution < -0.4 is 0 Å². The molecule has 0 spiro atoms. The van der Waals surface area contributed by atoms with E-state index in [9.17, 15) is 8.78 Å². The normalized spacial score (nSPS) is 13.2. The van der Waals surface area contributed by atoms with E-state index < -0.39 is 11.6 Å². The molecule has 1 aromatic carbocycles. The fourth-order valence-corrected chi connectivity index (χ4v) is 1.69. The molecule has 0 amide bonds. The van der Waals surface area contributed by atoms with Gasteiger partial charge in [0.2, 0.25) is 0 Å². The summed E-state index contributed by atoms with van der Waals surface area (Å²) in [4.78, 5) is 2.07. The van der Waals surface area contributed by atoms with Crippen LogP contribution in [0.4, 0.5) is 8.78 Å². The van der Waals surface area contributed by atoms with Gasteiger partial charge in [-0.1, -0.05) is 22.0 Å². The van der Waals surface area contributed by atoms with E-state index in [1.807, 2.05) is 7.05 Å². The Kier molecular flexibility index (Phi) is 4.67. The smallest absolute Gasteiger partial charge is 0.159 e. The van der Waals surface area contributed by atoms with Crippen molar-refractivity contribution in [1.82, 2.24) is 4.90 Å². The molecule has 0 aliphatic rings. The Morgan fingerprint density at radius 1 is 1.33 bits per heavy atom.